The Morgan fingerprint density at radius 1 is 1.40 bits per heavy atom. The summed E-state index contributed by atoms with van der Waals surface area (Å²) < 4.78 is 0. The predicted molar refractivity (Wildman–Crippen MR) is 55.2 cm³/mol. The van der Waals surface area contributed by atoms with Crippen molar-refractivity contribution in [2.24, 2.45) is 0 Å². The summed E-state index contributed by atoms with van der Waals surface area (Å²) in [6.07, 6.45) is 0. The molecule has 15 heavy (non-hydrogen) atoms. The molecule has 1 rings (SSSR count). The summed E-state index contributed by atoms with van der Waals surface area (Å²) in [6, 6.07) is 6.17. The van der Waals surface area contributed by atoms with Gasteiger partial charge in [0.05, 0.1) is 4.92 Å². The molecule has 0 radical (unpaired) electrons. The number of benzene rings is 1. The van der Waals surface area contributed by atoms with Crippen molar-refractivity contribution in [3.8, 4) is 0 Å². The fourth-order valence-corrected chi connectivity index (χ4v) is 1.11. The van der Waals surface area contributed by atoms with Crippen molar-refractivity contribution < 1.29 is 9.72 Å². The topological polar surface area (TPSA) is 63.5 Å². The molecule has 0 bridgehead atoms. The van der Waals surface area contributed by atoms with Crippen LogP contribution in [0, 0.1) is 10.1 Å². The first kappa shape index (κ1) is 11.2. The van der Waals surface area contributed by atoms with Crippen LogP contribution in [0.4, 0.5) is 5.69 Å². The Morgan fingerprint density at radius 3 is 2.33 bits per heavy atom. The van der Waals surface area contributed by atoms with Gasteiger partial charge in [0, 0.05) is 32.6 Å². The second-order valence-corrected chi connectivity index (χ2v) is 3.30. The maximum absolute atomic E-state index is 10.9. The van der Waals surface area contributed by atoms with Crippen LogP contribution in [0.1, 0.15) is 12.5 Å². The monoisotopic (exact) mass is 208 g/mol. The van der Waals surface area contributed by atoms with Crippen molar-refractivity contribution in [1.82, 2.24) is 4.90 Å². The van der Waals surface area contributed by atoms with E-state index in [1.165, 1.54) is 19.1 Å². The van der Waals surface area contributed by atoms with Crippen LogP contribution in [0.15, 0.2) is 24.3 Å². The third-order valence-electron chi connectivity index (χ3n) is 2.10. The first-order valence-corrected chi connectivity index (χ1v) is 4.45. The van der Waals surface area contributed by atoms with Crippen molar-refractivity contribution in [3.63, 3.8) is 0 Å². The molecule has 80 valence electrons. The highest BCUT2D eigenvalue weighted by molar-refractivity contribution is 5.72. The van der Waals surface area contributed by atoms with Gasteiger partial charge in [0.25, 0.3) is 5.69 Å². The second-order valence-electron chi connectivity index (χ2n) is 3.30. The summed E-state index contributed by atoms with van der Waals surface area (Å²) in [5.74, 6) is -0.0339. The molecule has 0 saturated heterocycles. The number of nitro benzene ring substituents is 1. The summed E-state index contributed by atoms with van der Waals surface area (Å²) in [5.41, 5.74) is 0.933. The number of amides is 1. The zero-order valence-corrected chi connectivity index (χ0v) is 8.64. The van der Waals surface area contributed by atoms with Crippen LogP contribution in [0.2, 0.25) is 0 Å². The molecule has 1 amide bonds. The average molecular weight is 208 g/mol. The Bertz CT molecular complexity index is 373. The predicted octanol–water partition coefficient (Wildman–Crippen LogP) is 1.57. The maximum Gasteiger partial charge on any atom is 0.269 e. The lowest BCUT2D eigenvalue weighted by Crippen LogP contribution is -2.22. The summed E-state index contributed by atoms with van der Waals surface area (Å²) in [4.78, 5) is 22.4. The van der Waals surface area contributed by atoms with Crippen LogP contribution in [0.25, 0.3) is 0 Å². The molecular formula is C10H12N2O3. The third kappa shape index (κ3) is 3.05. The summed E-state index contributed by atoms with van der Waals surface area (Å²) >= 11 is 0. The van der Waals surface area contributed by atoms with Crippen LogP contribution >= 0.6 is 0 Å². The van der Waals surface area contributed by atoms with Gasteiger partial charge in [-0.3, -0.25) is 14.9 Å². The molecule has 0 saturated carbocycles. The van der Waals surface area contributed by atoms with Crippen LogP contribution in [-0.2, 0) is 11.3 Å². The van der Waals surface area contributed by atoms with Gasteiger partial charge in [-0.05, 0) is 5.56 Å². The third-order valence-corrected chi connectivity index (χ3v) is 2.10. The number of rotatable bonds is 3. The van der Waals surface area contributed by atoms with E-state index in [9.17, 15) is 14.9 Å². The molecule has 0 heterocycles. The van der Waals surface area contributed by atoms with E-state index in [0.717, 1.165) is 5.56 Å². The van der Waals surface area contributed by atoms with Crippen molar-refractivity contribution in [2.45, 2.75) is 13.5 Å². The van der Waals surface area contributed by atoms with Crippen LogP contribution in [0.5, 0.6) is 0 Å². The Labute approximate surface area is 87.5 Å². The normalized spacial score (nSPS) is 9.73. The number of nitrogens with zero attached hydrogens (tertiary/aromatic N) is 2. The average Bonchev–Trinajstić information content (AvgIpc) is 2.18. The molecule has 0 atom stereocenters. The lowest BCUT2D eigenvalue weighted by atomic mass is 10.2. The standard InChI is InChI=1S/C10H12N2O3/c1-8(13)11(2)7-9-3-5-10(6-4-9)12(14)15/h3-6H,7H2,1-2H3. The van der Waals surface area contributed by atoms with Gasteiger partial charge in [-0.15, -0.1) is 0 Å². The van der Waals surface area contributed by atoms with E-state index in [1.807, 2.05) is 0 Å². The number of non-ortho nitro benzene ring substituents is 1. The van der Waals surface area contributed by atoms with Gasteiger partial charge in [0.2, 0.25) is 5.91 Å². The molecule has 0 fully saturated rings. The number of nitro groups is 1. The van der Waals surface area contributed by atoms with Gasteiger partial charge in [0.1, 0.15) is 0 Å². The summed E-state index contributed by atoms with van der Waals surface area (Å²) in [6.45, 7) is 1.94. The highest BCUT2D eigenvalue weighted by atomic mass is 16.6. The molecule has 0 spiro atoms. The summed E-state index contributed by atoms with van der Waals surface area (Å²) in [7, 11) is 1.68. The molecule has 0 aromatic heterocycles. The Morgan fingerprint density at radius 2 is 1.93 bits per heavy atom. The van der Waals surface area contributed by atoms with Gasteiger partial charge in [-0.2, -0.15) is 0 Å². The van der Waals surface area contributed by atoms with Crippen molar-refractivity contribution in [3.05, 3.63) is 39.9 Å². The van der Waals surface area contributed by atoms with E-state index >= 15 is 0 Å². The first-order valence-electron chi connectivity index (χ1n) is 4.45. The molecular weight excluding hydrogens is 196 g/mol. The van der Waals surface area contributed by atoms with Crippen LogP contribution in [0.3, 0.4) is 0 Å². The Hall–Kier alpha value is -1.91. The molecule has 1 aromatic rings. The quantitative estimate of drug-likeness (QED) is 0.559. The fraction of sp³-hybridized carbons (Fsp3) is 0.300. The SMILES string of the molecule is CC(=O)N(C)Cc1ccc([N+](=O)[O-])cc1. The number of hydrogen-bond donors (Lipinski definition) is 0. The minimum absolute atomic E-state index is 0.0339. The zero-order chi connectivity index (χ0) is 11.4. The van der Waals surface area contributed by atoms with E-state index in [0.29, 0.717) is 6.54 Å². The minimum atomic E-state index is -0.446. The van der Waals surface area contributed by atoms with Gasteiger partial charge >= 0.3 is 0 Å². The van der Waals surface area contributed by atoms with Gasteiger partial charge in [0.15, 0.2) is 0 Å². The molecule has 0 unspecified atom stereocenters. The number of hydrogen-bond acceptors (Lipinski definition) is 3. The van der Waals surface area contributed by atoms with E-state index in [4.69, 9.17) is 0 Å². The van der Waals surface area contributed by atoms with E-state index < -0.39 is 4.92 Å². The minimum Gasteiger partial charge on any atom is -0.342 e. The van der Waals surface area contributed by atoms with Crippen LogP contribution in [-0.4, -0.2) is 22.8 Å². The van der Waals surface area contributed by atoms with Gasteiger partial charge in [-0.25, -0.2) is 0 Å². The molecule has 1 aromatic carbocycles. The highest BCUT2D eigenvalue weighted by Crippen LogP contribution is 2.12. The Kier molecular flexibility index (Phi) is 3.38. The van der Waals surface area contributed by atoms with E-state index in [-0.39, 0.29) is 11.6 Å². The van der Waals surface area contributed by atoms with Gasteiger partial charge < -0.3 is 4.90 Å². The highest BCUT2D eigenvalue weighted by Gasteiger charge is 2.06. The first-order chi connectivity index (χ1) is 7.00. The molecule has 5 heteroatoms. The molecule has 0 aliphatic carbocycles. The summed E-state index contributed by atoms with van der Waals surface area (Å²) in [5, 5.41) is 10.4. The molecule has 0 aliphatic heterocycles. The lowest BCUT2D eigenvalue weighted by molar-refractivity contribution is -0.384. The molecule has 5 nitrogen and oxygen atoms in total. The number of carbonyl (C=O) groups excluding carboxylic acids is 1. The maximum atomic E-state index is 10.9. The smallest absolute Gasteiger partial charge is 0.269 e. The van der Waals surface area contributed by atoms with Crippen molar-refractivity contribution in [1.29, 1.82) is 0 Å². The lowest BCUT2D eigenvalue weighted by Gasteiger charge is -2.14. The number of carbonyl (C=O) groups is 1. The van der Waals surface area contributed by atoms with E-state index in [2.05, 4.69) is 0 Å². The van der Waals surface area contributed by atoms with Crippen LogP contribution < -0.4 is 0 Å². The Balaban J connectivity index is 2.72. The largest absolute Gasteiger partial charge is 0.342 e. The fourth-order valence-electron chi connectivity index (χ4n) is 1.11. The van der Waals surface area contributed by atoms with E-state index in [1.54, 1.807) is 24.1 Å². The molecule has 0 aliphatic rings. The van der Waals surface area contributed by atoms with Gasteiger partial charge in [-0.1, -0.05) is 12.1 Å². The molecule has 0 N–H and O–H groups in total. The zero-order valence-electron chi connectivity index (χ0n) is 8.64. The van der Waals surface area contributed by atoms with Crippen molar-refractivity contribution in [2.75, 3.05) is 7.05 Å². The van der Waals surface area contributed by atoms with Crippen molar-refractivity contribution >= 4 is 11.6 Å². The second kappa shape index (κ2) is 4.54.